The molecule has 1 aromatic carbocycles. The molecule has 1 unspecified atom stereocenters. The zero-order valence-corrected chi connectivity index (χ0v) is 10.1. The average Bonchev–Trinajstić information content (AvgIpc) is 2.36. The van der Waals surface area contributed by atoms with Crippen LogP contribution < -0.4 is 11.1 Å². The normalized spacial score (nSPS) is 19.3. The van der Waals surface area contributed by atoms with E-state index in [1.165, 1.54) is 19.1 Å². The third kappa shape index (κ3) is 2.40. The van der Waals surface area contributed by atoms with Crippen molar-refractivity contribution < 1.29 is 18.8 Å². The van der Waals surface area contributed by atoms with Gasteiger partial charge in [0.15, 0.2) is 0 Å². The molecule has 0 radical (unpaired) electrons. The Morgan fingerprint density at radius 1 is 1.47 bits per heavy atom. The van der Waals surface area contributed by atoms with E-state index >= 15 is 0 Å². The van der Waals surface area contributed by atoms with Crippen molar-refractivity contribution in [1.29, 1.82) is 0 Å². The van der Waals surface area contributed by atoms with Crippen LogP contribution in [0.2, 0.25) is 0 Å². The van der Waals surface area contributed by atoms with E-state index < -0.39 is 29.6 Å². The maximum atomic E-state index is 13.0. The fourth-order valence-corrected chi connectivity index (χ4v) is 1.80. The molecule has 0 saturated carbocycles. The topological polar surface area (TPSA) is 92.5 Å². The lowest BCUT2D eigenvalue weighted by molar-refractivity contribution is -0.138. The first kappa shape index (κ1) is 13.0. The van der Waals surface area contributed by atoms with Crippen LogP contribution in [0.25, 0.3) is 0 Å². The van der Waals surface area contributed by atoms with Gasteiger partial charge >= 0.3 is 0 Å². The van der Waals surface area contributed by atoms with Crippen molar-refractivity contribution in [3.63, 3.8) is 0 Å². The quantitative estimate of drug-likeness (QED) is 0.547. The van der Waals surface area contributed by atoms with Gasteiger partial charge in [0.05, 0.1) is 5.69 Å². The summed E-state index contributed by atoms with van der Waals surface area (Å²) in [5, 5.41) is 2.13. The van der Waals surface area contributed by atoms with Gasteiger partial charge in [0.1, 0.15) is 18.4 Å². The van der Waals surface area contributed by atoms with E-state index in [-0.39, 0.29) is 17.8 Å². The molecule has 1 fully saturated rings. The fourth-order valence-electron chi connectivity index (χ4n) is 1.80. The Hall–Kier alpha value is -2.44. The van der Waals surface area contributed by atoms with Crippen LogP contribution in [-0.2, 0) is 9.59 Å². The van der Waals surface area contributed by atoms with E-state index in [9.17, 15) is 18.8 Å². The Bertz CT molecular complexity index is 573. The van der Waals surface area contributed by atoms with Crippen molar-refractivity contribution in [3.8, 4) is 0 Å². The van der Waals surface area contributed by atoms with Crippen molar-refractivity contribution in [3.05, 3.63) is 29.6 Å². The summed E-state index contributed by atoms with van der Waals surface area (Å²) < 4.78 is 13.0. The van der Waals surface area contributed by atoms with Gasteiger partial charge in [-0.05, 0) is 25.1 Å². The maximum absolute atomic E-state index is 13.0. The first-order chi connectivity index (χ1) is 8.90. The van der Waals surface area contributed by atoms with Crippen LogP contribution in [0, 0.1) is 5.82 Å². The summed E-state index contributed by atoms with van der Waals surface area (Å²) in [4.78, 5) is 36.0. The van der Waals surface area contributed by atoms with Crippen LogP contribution in [0.4, 0.5) is 10.1 Å². The molecule has 3 N–H and O–H groups in total. The van der Waals surface area contributed by atoms with Crippen molar-refractivity contribution in [1.82, 2.24) is 10.2 Å². The molecule has 0 aliphatic carbocycles. The number of amides is 3. The maximum Gasteiger partial charge on any atom is 0.255 e. The Morgan fingerprint density at radius 2 is 2.16 bits per heavy atom. The number of rotatable bonds is 1. The van der Waals surface area contributed by atoms with Crippen LogP contribution in [0.15, 0.2) is 18.2 Å². The number of hydrogen-bond donors (Lipinski definition) is 2. The number of imide groups is 1. The van der Waals surface area contributed by atoms with Crippen molar-refractivity contribution in [2.24, 2.45) is 0 Å². The molecule has 1 atom stereocenters. The fraction of sp³-hybridized carbons (Fsp3) is 0.250. The summed E-state index contributed by atoms with van der Waals surface area (Å²) in [6, 6.07) is 2.74. The SMILES string of the molecule is CC1C(=O)NC(=O)CN1C(=O)c1ccc(F)c(N)c1. The molecule has 1 aliphatic rings. The number of nitrogen functional groups attached to an aromatic ring is 1. The van der Waals surface area contributed by atoms with Gasteiger partial charge in [0.25, 0.3) is 5.91 Å². The minimum absolute atomic E-state index is 0.133. The minimum Gasteiger partial charge on any atom is -0.396 e. The average molecular weight is 265 g/mol. The Balaban J connectivity index is 2.29. The zero-order chi connectivity index (χ0) is 14.2. The molecular weight excluding hydrogens is 253 g/mol. The van der Waals surface area contributed by atoms with E-state index in [0.29, 0.717) is 0 Å². The number of carbonyl (C=O) groups is 3. The van der Waals surface area contributed by atoms with E-state index in [2.05, 4.69) is 5.32 Å². The largest absolute Gasteiger partial charge is 0.396 e. The molecule has 7 heteroatoms. The number of benzene rings is 1. The van der Waals surface area contributed by atoms with Gasteiger partial charge in [0.2, 0.25) is 11.8 Å². The first-order valence-corrected chi connectivity index (χ1v) is 5.60. The Kier molecular flexibility index (Phi) is 3.20. The monoisotopic (exact) mass is 265 g/mol. The lowest BCUT2D eigenvalue weighted by Crippen LogP contribution is -2.58. The van der Waals surface area contributed by atoms with Crippen LogP contribution >= 0.6 is 0 Å². The molecule has 0 spiro atoms. The number of anilines is 1. The highest BCUT2D eigenvalue weighted by atomic mass is 19.1. The molecule has 100 valence electrons. The van der Waals surface area contributed by atoms with Gasteiger partial charge in [-0.15, -0.1) is 0 Å². The first-order valence-electron chi connectivity index (χ1n) is 5.60. The lowest BCUT2D eigenvalue weighted by Gasteiger charge is -2.31. The summed E-state index contributed by atoms with van der Waals surface area (Å²) in [5.41, 5.74) is 5.36. The third-order valence-corrected chi connectivity index (χ3v) is 2.93. The number of nitrogens with zero attached hydrogens (tertiary/aromatic N) is 1. The zero-order valence-electron chi connectivity index (χ0n) is 10.1. The molecule has 0 aromatic heterocycles. The second-order valence-electron chi connectivity index (χ2n) is 4.26. The highest BCUT2D eigenvalue weighted by Gasteiger charge is 2.34. The van der Waals surface area contributed by atoms with Crippen molar-refractivity contribution in [2.75, 3.05) is 12.3 Å². The van der Waals surface area contributed by atoms with Crippen LogP contribution in [-0.4, -0.2) is 35.2 Å². The van der Waals surface area contributed by atoms with Crippen molar-refractivity contribution in [2.45, 2.75) is 13.0 Å². The number of carbonyl (C=O) groups excluding carboxylic acids is 3. The van der Waals surface area contributed by atoms with E-state index in [4.69, 9.17) is 5.73 Å². The van der Waals surface area contributed by atoms with Gasteiger partial charge < -0.3 is 10.6 Å². The van der Waals surface area contributed by atoms with E-state index in [1.54, 1.807) is 0 Å². The van der Waals surface area contributed by atoms with Gasteiger partial charge in [-0.2, -0.15) is 0 Å². The molecule has 2 rings (SSSR count). The highest BCUT2D eigenvalue weighted by Crippen LogP contribution is 2.16. The van der Waals surface area contributed by atoms with Crippen molar-refractivity contribution >= 4 is 23.4 Å². The predicted octanol–water partition coefficient (Wildman–Crippen LogP) is -0.105. The number of nitrogens with one attached hydrogen (secondary N) is 1. The van der Waals surface area contributed by atoms with Gasteiger partial charge in [-0.1, -0.05) is 0 Å². The van der Waals surface area contributed by atoms with Gasteiger partial charge in [0, 0.05) is 5.56 Å². The Labute approximate surface area is 108 Å². The molecule has 1 aliphatic heterocycles. The molecule has 0 bridgehead atoms. The van der Waals surface area contributed by atoms with E-state index in [0.717, 1.165) is 11.0 Å². The molecule has 19 heavy (non-hydrogen) atoms. The number of piperazine rings is 1. The third-order valence-electron chi connectivity index (χ3n) is 2.93. The summed E-state index contributed by atoms with van der Waals surface area (Å²) in [6.45, 7) is 1.29. The van der Waals surface area contributed by atoms with E-state index in [1.807, 2.05) is 0 Å². The summed E-state index contributed by atoms with van der Waals surface area (Å²) in [5.74, 6) is -2.26. The molecule has 3 amide bonds. The van der Waals surface area contributed by atoms with Crippen LogP contribution in [0.5, 0.6) is 0 Å². The lowest BCUT2D eigenvalue weighted by atomic mass is 10.1. The second-order valence-corrected chi connectivity index (χ2v) is 4.26. The number of halogens is 1. The summed E-state index contributed by atoms with van der Waals surface area (Å²) in [6.07, 6.45) is 0. The molecule has 1 heterocycles. The van der Waals surface area contributed by atoms with Crippen LogP contribution in [0.3, 0.4) is 0 Å². The smallest absolute Gasteiger partial charge is 0.255 e. The standard InChI is InChI=1S/C12H12FN3O3/c1-6-11(18)15-10(17)5-16(6)12(19)7-2-3-8(13)9(14)4-7/h2-4,6H,5,14H2,1H3,(H,15,17,18). The summed E-state index contributed by atoms with van der Waals surface area (Å²) >= 11 is 0. The highest BCUT2D eigenvalue weighted by molar-refractivity contribution is 6.07. The summed E-state index contributed by atoms with van der Waals surface area (Å²) in [7, 11) is 0. The number of hydrogen-bond acceptors (Lipinski definition) is 4. The van der Waals surface area contributed by atoms with Crippen LogP contribution in [0.1, 0.15) is 17.3 Å². The minimum atomic E-state index is -0.767. The van der Waals surface area contributed by atoms with Gasteiger partial charge in [-0.3, -0.25) is 19.7 Å². The Morgan fingerprint density at radius 3 is 2.79 bits per heavy atom. The molecular formula is C12H12FN3O3. The second kappa shape index (κ2) is 4.68. The van der Waals surface area contributed by atoms with Gasteiger partial charge in [-0.25, -0.2) is 4.39 Å². The molecule has 6 nitrogen and oxygen atoms in total. The predicted molar refractivity (Wildman–Crippen MR) is 64.5 cm³/mol. The number of nitrogens with two attached hydrogens (primary N) is 1. The molecule has 1 aromatic rings. The molecule has 1 saturated heterocycles.